The molecule has 7 heteroatoms. The van der Waals surface area contributed by atoms with Gasteiger partial charge in [0.25, 0.3) is 0 Å². The van der Waals surface area contributed by atoms with Crippen molar-refractivity contribution in [2.75, 3.05) is 26.2 Å². The molecule has 0 aliphatic carbocycles. The molecule has 0 atom stereocenters. The van der Waals surface area contributed by atoms with Crippen molar-refractivity contribution in [2.24, 2.45) is 5.92 Å². The Morgan fingerprint density at radius 3 is 2.27 bits per heavy atom. The molecule has 3 nitrogen and oxygen atoms in total. The van der Waals surface area contributed by atoms with E-state index in [-0.39, 0.29) is 16.7 Å². The van der Waals surface area contributed by atoms with Gasteiger partial charge in [0, 0.05) is 37.0 Å². The summed E-state index contributed by atoms with van der Waals surface area (Å²) in [7, 11) is 0. The number of halogens is 3. The van der Waals surface area contributed by atoms with Crippen molar-refractivity contribution in [1.29, 1.82) is 0 Å². The van der Waals surface area contributed by atoms with Gasteiger partial charge in [0.15, 0.2) is 0 Å². The number of benzene rings is 1. The summed E-state index contributed by atoms with van der Waals surface area (Å²) in [5.74, 6) is 0.0468. The lowest BCUT2D eigenvalue weighted by molar-refractivity contribution is -0.139. The lowest BCUT2D eigenvalue weighted by atomic mass is 10.2. The van der Waals surface area contributed by atoms with Crippen LogP contribution in [0.25, 0.3) is 0 Å². The first-order valence-electron chi connectivity index (χ1n) is 7.17. The van der Waals surface area contributed by atoms with Gasteiger partial charge in [-0.2, -0.15) is 13.2 Å². The Hall–Kier alpha value is -1.21. The van der Waals surface area contributed by atoms with Gasteiger partial charge in [-0.25, -0.2) is 4.31 Å². The van der Waals surface area contributed by atoms with Crippen LogP contribution in [0, 0.1) is 5.92 Å². The van der Waals surface area contributed by atoms with Crippen LogP contribution in [0.2, 0.25) is 0 Å². The average Bonchev–Trinajstić information content (AvgIpc) is 2.46. The average molecular weight is 332 g/mol. The summed E-state index contributed by atoms with van der Waals surface area (Å²) in [6, 6.07) is 5.59. The fourth-order valence-corrected chi connectivity index (χ4v) is 3.33. The first-order chi connectivity index (χ1) is 10.3. The van der Waals surface area contributed by atoms with Crippen molar-refractivity contribution >= 4 is 17.9 Å². The molecule has 0 N–H and O–H groups in total. The predicted molar refractivity (Wildman–Crippen MR) is 80.3 cm³/mol. The van der Waals surface area contributed by atoms with Gasteiger partial charge < -0.3 is 4.90 Å². The van der Waals surface area contributed by atoms with E-state index < -0.39 is 11.7 Å². The Kier molecular flexibility index (Phi) is 5.39. The number of piperazine rings is 1. The molecule has 0 spiro atoms. The number of hydrogen-bond donors (Lipinski definition) is 0. The molecule has 1 aromatic carbocycles. The third-order valence-electron chi connectivity index (χ3n) is 3.46. The molecule has 1 amide bonds. The van der Waals surface area contributed by atoms with Crippen molar-refractivity contribution in [3.63, 3.8) is 0 Å². The minimum Gasteiger partial charge on any atom is -0.340 e. The second-order valence-corrected chi connectivity index (χ2v) is 6.63. The Labute approximate surface area is 132 Å². The summed E-state index contributed by atoms with van der Waals surface area (Å²) in [5.41, 5.74) is -0.610. The summed E-state index contributed by atoms with van der Waals surface area (Å²) < 4.78 is 40.8. The SMILES string of the molecule is CC(C)C(=O)N1CCN(Sc2ccccc2C(F)(F)F)CC1. The van der Waals surface area contributed by atoms with E-state index >= 15 is 0 Å². The zero-order chi connectivity index (χ0) is 16.3. The number of amides is 1. The molecule has 2 rings (SSSR count). The van der Waals surface area contributed by atoms with Crippen LogP contribution in [0.5, 0.6) is 0 Å². The molecule has 1 aliphatic heterocycles. The third-order valence-corrected chi connectivity index (χ3v) is 4.64. The molecule has 1 saturated heterocycles. The van der Waals surface area contributed by atoms with Crippen LogP contribution in [0.4, 0.5) is 13.2 Å². The van der Waals surface area contributed by atoms with Crippen LogP contribution in [0.1, 0.15) is 19.4 Å². The van der Waals surface area contributed by atoms with Gasteiger partial charge in [-0.1, -0.05) is 26.0 Å². The normalized spacial score (nSPS) is 17.1. The van der Waals surface area contributed by atoms with Crippen LogP contribution in [0.3, 0.4) is 0 Å². The van der Waals surface area contributed by atoms with E-state index in [0.717, 1.165) is 18.0 Å². The molecule has 0 radical (unpaired) electrons. The lowest BCUT2D eigenvalue weighted by Gasteiger charge is -2.35. The molecule has 0 unspecified atom stereocenters. The molecule has 0 saturated carbocycles. The smallest absolute Gasteiger partial charge is 0.340 e. The predicted octanol–water partition coefficient (Wildman–Crippen LogP) is 3.51. The molecule has 0 bridgehead atoms. The second-order valence-electron chi connectivity index (χ2n) is 5.49. The zero-order valence-corrected chi connectivity index (χ0v) is 13.4. The van der Waals surface area contributed by atoms with Gasteiger partial charge in [0.05, 0.1) is 5.56 Å². The monoisotopic (exact) mass is 332 g/mol. The van der Waals surface area contributed by atoms with Crippen molar-refractivity contribution in [3.8, 4) is 0 Å². The molecule has 22 heavy (non-hydrogen) atoms. The number of carbonyl (C=O) groups excluding carboxylic acids is 1. The highest BCUT2D eigenvalue weighted by Gasteiger charge is 2.34. The Bertz CT molecular complexity index is 526. The summed E-state index contributed by atoms with van der Waals surface area (Å²) in [6.07, 6.45) is -4.35. The Morgan fingerprint density at radius 2 is 1.73 bits per heavy atom. The standard InChI is InChI=1S/C15H19F3N2OS/c1-11(2)14(21)19-7-9-20(10-8-19)22-13-6-4-3-5-12(13)15(16,17)18/h3-6,11H,7-10H2,1-2H3. The van der Waals surface area contributed by atoms with Crippen molar-refractivity contribution in [1.82, 2.24) is 9.21 Å². The first-order valence-corrected chi connectivity index (χ1v) is 7.94. The van der Waals surface area contributed by atoms with Gasteiger partial charge in [0.1, 0.15) is 0 Å². The summed E-state index contributed by atoms with van der Waals surface area (Å²) in [6.45, 7) is 5.94. The molecule has 122 valence electrons. The second kappa shape index (κ2) is 6.91. The highest BCUT2D eigenvalue weighted by Crippen LogP contribution is 2.37. The number of rotatable bonds is 3. The molecular weight excluding hydrogens is 313 g/mol. The minimum atomic E-state index is -4.35. The van der Waals surface area contributed by atoms with Gasteiger partial charge in [0.2, 0.25) is 5.91 Å². The number of carbonyl (C=O) groups is 1. The number of hydrogen-bond acceptors (Lipinski definition) is 3. The van der Waals surface area contributed by atoms with Gasteiger partial charge in [-0.15, -0.1) is 0 Å². The fourth-order valence-electron chi connectivity index (χ4n) is 2.28. The van der Waals surface area contributed by atoms with Crippen molar-refractivity contribution in [2.45, 2.75) is 24.9 Å². The minimum absolute atomic E-state index is 0.0508. The van der Waals surface area contributed by atoms with E-state index in [0.29, 0.717) is 26.2 Å². The highest BCUT2D eigenvalue weighted by atomic mass is 32.2. The van der Waals surface area contributed by atoms with Crippen molar-refractivity contribution in [3.05, 3.63) is 29.8 Å². The van der Waals surface area contributed by atoms with E-state index in [2.05, 4.69) is 0 Å². The van der Waals surface area contributed by atoms with E-state index in [1.54, 1.807) is 11.0 Å². The van der Waals surface area contributed by atoms with Crippen LogP contribution < -0.4 is 0 Å². The van der Waals surface area contributed by atoms with Crippen molar-refractivity contribution < 1.29 is 18.0 Å². The summed E-state index contributed by atoms with van der Waals surface area (Å²) >= 11 is 1.12. The molecule has 1 aliphatic rings. The Morgan fingerprint density at radius 1 is 1.14 bits per heavy atom. The van der Waals surface area contributed by atoms with E-state index in [9.17, 15) is 18.0 Å². The van der Waals surface area contributed by atoms with E-state index in [1.807, 2.05) is 18.2 Å². The van der Waals surface area contributed by atoms with Gasteiger partial charge in [-0.05, 0) is 24.1 Å². The quantitative estimate of drug-likeness (QED) is 0.792. The number of nitrogens with zero attached hydrogens (tertiary/aromatic N) is 2. The molecule has 1 heterocycles. The maximum absolute atomic E-state index is 13.0. The molecule has 0 aromatic heterocycles. The van der Waals surface area contributed by atoms with Crippen LogP contribution in [-0.2, 0) is 11.0 Å². The van der Waals surface area contributed by atoms with Crippen LogP contribution in [-0.4, -0.2) is 41.3 Å². The Balaban J connectivity index is 1.99. The topological polar surface area (TPSA) is 23.6 Å². The van der Waals surface area contributed by atoms with Crippen LogP contribution in [0.15, 0.2) is 29.2 Å². The maximum Gasteiger partial charge on any atom is 0.417 e. The van der Waals surface area contributed by atoms with E-state index in [1.165, 1.54) is 12.1 Å². The molecule has 1 fully saturated rings. The van der Waals surface area contributed by atoms with Gasteiger partial charge >= 0.3 is 6.18 Å². The zero-order valence-electron chi connectivity index (χ0n) is 12.6. The third kappa shape index (κ3) is 4.16. The van der Waals surface area contributed by atoms with Crippen LogP contribution >= 0.6 is 11.9 Å². The summed E-state index contributed by atoms with van der Waals surface area (Å²) in [5, 5.41) is 0. The van der Waals surface area contributed by atoms with Gasteiger partial charge in [-0.3, -0.25) is 4.79 Å². The number of alkyl halides is 3. The maximum atomic E-state index is 13.0. The molecular formula is C15H19F3N2OS. The largest absolute Gasteiger partial charge is 0.417 e. The lowest BCUT2D eigenvalue weighted by Crippen LogP contribution is -2.47. The molecule has 1 aromatic rings. The summed E-state index contributed by atoms with van der Waals surface area (Å²) in [4.78, 5) is 13.9. The fraction of sp³-hybridized carbons (Fsp3) is 0.533. The first kappa shape index (κ1) is 17.1. The highest BCUT2D eigenvalue weighted by molar-refractivity contribution is 7.97. The van der Waals surface area contributed by atoms with E-state index in [4.69, 9.17) is 0 Å².